The summed E-state index contributed by atoms with van der Waals surface area (Å²) in [7, 11) is 0. The van der Waals surface area contributed by atoms with Crippen LogP contribution in [0.1, 0.15) is 56.1 Å². The highest BCUT2D eigenvalue weighted by atomic mass is 16.5. The van der Waals surface area contributed by atoms with Gasteiger partial charge in [0.2, 0.25) is 5.91 Å². The van der Waals surface area contributed by atoms with Gasteiger partial charge in [0.15, 0.2) is 0 Å². The van der Waals surface area contributed by atoms with E-state index in [-0.39, 0.29) is 43.9 Å². The third-order valence-electron chi connectivity index (χ3n) is 6.90. The summed E-state index contributed by atoms with van der Waals surface area (Å²) in [5.41, 5.74) is 4.64. The summed E-state index contributed by atoms with van der Waals surface area (Å²) in [6.07, 6.45) is 3.03. The first-order chi connectivity index (χ1) is 17.0. The summed E-state index contributed by atoms with van der Waals surface area (Å²) < 4.78 is 5.62. The molecule has 7 nitrogen and oxygen atoms in total. The molecule has 186 valence electrons. The van der Waals surface area contributed by atoms with Crippen molar-refractivity contribution < 1.29 is 24.2 Å². The Morgan fingerprint density at radius 2 is 1.66 bits per heavy atom. The summed E-state index contributed by atoms with van der Waals surface area (Å²) in [6.45, 7) is 3.08. The molecule has 35 heavy (non-hydrogen) atoms. The maximum absolute atomic E-state index is 13.2. The number of ether oxygens (including phenoxy) is 1. The van der Waals surface area contributed by atoms with Crippen molar-refractivity contribution in [1.29, 1.82) is 0 Å². The van der Waals surface area contributed by atoms with Crippen molar-refractivity contribution in [3.05, 3.63) is 59.7 Å². The number of amides is 2. The number of rotatable bonds is 12. The van der Waals surface area contributed by atoms with Crippen LogP contribution in [-0.4, -0.2) is 54.2 Å². The quantitative estimate of drug-likeness (QED) is 0.463. The fraction of sp³-hybridized carbons (Fsp3) is 0.464. The average Bonchev–Trinajstić information content (AvgIpc) is 3.63. The summed E-state index contributed by atoms with van der Waals surface area (Å²) in [6, 6.07) is 16.4. The molecule has 1 unspecified atom stereocenters. The van der Waals surface area contributed by atoms with Crippen molar-refractivity contribution in [2.24, 2.45) is 11.8 Å². The molecule has 2 N–H and O–H groups in total. The molecule has 4 rings (SSSR count). The monoisotopic (exact) mass is 478 g/mol. The number of alkyl carbamates (subject to hydrolysis) is 1. The Hall–Kier alpha value is -3.35. The van der Waals surface area contributed by atoms with Crippen LogP contribution in [0.3, 0.4) is 0 Å². The van der Waals surface area contributed by atoms with Gasteiger partial charge >= 0.3 is 12.1 Å². The number of hydrogen-bond donors (Lipinski definition) is 2. The predicted molar refractivity (Wildman–Crippen MR) is 133 cm³/mol. The molecule has 0 aromatic heterocycles. The lowest BCUT2D eigenvalue weighted by Crippen LogP contribution is -2.43. The Kier molecular flexibility index (Phi) is 8.06. The predicted octanol–water partition coefficient (Wildman–Crippen LogP) is 4.65. The van der Waals surface area contributed by atoms with Crippen molar-refractivity contribution in [2.45, 2.75) is 44.9 Å². The molecule has 7 heteroatoms. The molecule has 2 aliphatic rings. The summed E-state index contributed by atoms with van der Waals surface area (Å²) in [5.74, 6) is -0.902. The van der Waals surface area contributed by atoms with Crippen LogP contribution in [0.25, 0.3) is 11.1 Å². The van der Waals surface area contributed by atoms with Gasteiger partial charge in [0.05, 0.1) is 12.3 Å². The molecule has 0 saturated heterocycles. The minimum absolute atomic E-state index is 0.0203. The second-order valence-electron chi connectivity index (χ2n) is 9.55. The van der Waals surface area contributed by atoms with Gasteiger partial charge in [-0.1, -0.05) is 68.3 Å². The van der Waals surface area contributed by atoms with E-state index in [1.54, 1.807) is 4.90 Å². The molecule has 0 heterocycles. The van der Waals surface area contributed by atoms with Crippen molar-refractivity contribution in [3.63, 3.8) is 0 Å². The van der Waals surface area contributed by atoms with Gasteiger partial charge in [-0.05, 0) is 41.0 Å². The minimum atomic E-state index is -0.922. The molecular weight excluding hydrogens is 444 g/mol. The Morgan fingerprint density at radius 3 is 2.23 bits per heavy atom. The highest BCUT2D eigenvalue weighted by molar-refractivity contribution is 5.81. The fourth-order valence-corrected chi connectivity index (χ4v) is 4.97. The summed E-state index contributed by atoms with van der Waals surface area (Å²) in [5, 5.41) is 11.8. The number of nitrogens with zero attached hydrogens (tertiary/aromatic N) is 1. The maximum Gasteiger partial charge on any atom is 0.407 e. The molecule has 1 fully saturated rings. The van der Waals surface area contributed by atoms with Crippen LogP contribution in [0, 0.1) is 11.8 Å². The van der Waals surface area contributed by atoms with Crippen molar-refractivity contribution in [3.8, 4) is 11.1 Å². The van der Waals surface area contributed by atoms with Gasteiger partial charge < -0.3 is 20.1 Å². The molecular formula is C28H34N2O5. The third-order valence-corrected chi connectivity index (χ3v) is 6.90. The molecule has 0 spiro atoms. The Labute approximate surface area is 206 Å². The lowest BCUT2D eigenvalue weighted by atomic mass is 9.98. The topological polar surface area (TPSA) is 95.9 Å². The highest BCUT2D eigenvalue weighted by Gasteiger charge is 2.33. The van der Waals surface area contributed by atoms with Crippen LogP contribution < -0.4 is 5.32 Å². The summed E-state index contributed by atoms with van der Waals surface area (Å²) >= 11 is 0. The molecule has 0 aliphatic heterocycles. The largest absolute Gasteiger partial charge is 0.481 e. The molecule has 2 aromatic carbocycles. The second-order valence-corrected chi connectivity index (χ2v) is 9.55. The Bertz CT molecular complexity index is 1020. The van der Waals surface area contributed by atoms with Crippen LogP contribution in [0.4, 0.5) is 4.79 Å². The van der Waals surface area contributed by atoms with E-state index in [2.05, 4.69) is 29.6 Å². The number of carbonyl (C=O) groups is 3. The molecule has 0 radical (unpaired) electrons. The average molecular weight is 479 g/mol. The normalized spacial score (nSPS) is 15.1. The van der Waals surface area contributed by atoms with E-state index in [1.807, 2.05) is 31.2 Å². The van der Waals surface area contributed by atoms with Gasteiger partial charge in [-0.25, -0.2) is 4.79 Å². The van der Waals surface area contributed by atoms with E-state index in [1.165, 1.54) is 11.1 Å². The second kappa shape index (κ2) is 11.4. The standard InChI is InChI=1S/C28H34N2O5/c1-2-14-30(15-13-26(31)32)27(33)20(16-19-11-12-19)17-29-28(34)35-18-25-23-9-5-3-7-21(23)22-8-4-6-10-24(22)25/h3-10,19-20,25H,2,11-18H2,1H3,(H,29,34)(H,31,32). The first kappa shape index (κ1) is 24.8. The van der Waals surface area contributed by atoms with Crippen LogP contribution in [-0.2, 0) is 14.3 Å². The van der Waals surface area contributed by atoms with E-state index in [4.69, 9.17) is 9.84 Å². The molecule has 2 aromatic rings. The zero-order chi connectivity index (χ0) is 24.8. The first-order valence-electron chi connectivity index (χ1n) is 12.6. The maximum atomic E-state index is 13.2. The van der Waals surface area contributed by atoms with E-state index in [0.717, 1.165) is 30.4 Å². The number of carbonyl (C=O) groups excluding carboxylic acids is 2. The van der Waals surface area contributed by atoms with Gasteiger partial charge in [0, 0.05) is 25.6 Å². The number of carboxylic acids is 1. The van der Waals surface area contributed by atoms with Crippen LogP contribution in [0.15, 0.2) is 48.5 Å². The van der Waals surface area contributed by atoms with E-state index < -0.39 is 12.1 Å². The lowest BCUT2D eigenvalue weighted by Gasteiger charge is -2.27. The Balaban J connectivity index is 1.35. The van der Waals surface area contributed by atoms with Gasteiger partial charge in [-0.3, -0.25) is 9.59 Å². The lowest BCUT2D eigenvalue weighted by molar-refractivity contribution is -0.139. The van der Waals surface area contributed by atoms with E-state index >= 15 is 0 Å². The highest BCUT2D eigenvalue weighted by Crippen LogP contribution is 2.44. The minimum Gasteiger partial charge on any atom is -0.481 e. The smallest absolute Gasteiger partial charge is 0.407 e. The fourth-order valence-electron chi connectivity index (χ4n) is 4.97. The number of hydrogen-bond acceptors (Lipinski definition) is 4. The van der Waals surface area contributed by atoms with Crippen molar-refractivity contribution >= 4 is 18.0 Å². The number of carboxylic acid groups (broad SMARTS) is 1. The number of fused-ring (bicyclic) bond motifs is 3. The van der Waals surface area contributed by atoms with Crippen LogP contribution in [0.5, 0.6) is 0 Å². The van der Waals surface area contributed by atoms with Crippen LogP contribution >= 0.6 is 0 Å². The number of benzene rings is 2. The molecule has 0 bridgehead atoms. The molecule has 2 amide bonds. The molecule has 1 atom stereocenters. The zero-order valence-electron chi connectivity index (χ0n) is 20.2. The van der Waals surface area contributed by atoms with Gasteiger partial charge in [0.25, 0.3) is 0 Å². The number of nitrogens with one attached hydrogen (secondary N) is 1. The van der Waals surface area contributed by atoms with Gasteiger partial charge in [-0.2, -0.15) is 0 Å². The molecule has 1 saturated carbocycles. The number of aliphatic carboxylic acids is 1. The first-order valence-corrected chi connectivity index (χ1v) is 12.6. The van der Waals surface area contributed by atoms with Gasteiger partial charge in [0.1, 0.15) is 6.61 Å². The van der Waals surface area contributed by atoms with E-state index in [0.29, 0.717) is 18.9 Å². The Morgan fingerprint density at radius 1 is 1.03 bits per heavy atom. The van der Waals surface area contributed by atoms with E-state index in [9.17, 15) is 14.4 Å². The van der Waals surface area contributed by atoms with Crippen LogP contribution in [0.2, 0.25) is 0 Å². The third kappa shape index (κ3) is 6.21. The zero-order valence-corrected chi connectivity index (χ0v) is 20.2. The van der Waals surface area contributed by atoms with Gasteiger partial charge in [-0.15, -0.1) is 0 Å². The van der Waals surface area contributed by atoms with Crippen molar-refractivity contribution in [1.82, 2.24) is 10.2 Å². The SMILES string of the molecule is CCCN(CCC(=O)O)C(=O)C(CNC(=O)OCC1c2ccccc2-c2ccccc21)CC1CC1. The molecule has 2 aliphatic carbocycles. The summed E-state index contributed by atoms with van der Waals surface area (Å²) in [4.78, 5) is 38.5. The van der Waals surface area contributed by atoms with Crippen molar-refractivity contribution in [2.75, 3.05) is 26.2 Å².